The van der Waals surface area contributed by atoms with Crippen LogP contribution in [0.25, 0.3) is 10.2 Å². The number of fused-ring (bicyclic) bond motifs is 1. The number of aromatic nitrogens is 2. The second-order valence-corrected chi connectivity index (χ2v) is 8.09. The Morgan fingerprint density at radius 3 is 2.86 bits per heavy atom. The van der Waals surface area contributed by atoms with E-state index in [0.29, 0.717) is 15.4 Å². The summed E-state index contributed by atoms with van der Waals surface area (Å²) >= 11 is 2.74. The van der Waals surface area contributed by atoms with Crippen LogP contribution in [0.3, 0.4) is 0 Å². The molecule has 7 heteroatoms. The van der Waals surface area contributed by atoms with Crippen molar-refractivity contribution in [1.82, 2.24) is 14.9 Å². The molecule has 120 valence electrons. The van der Waals surface area contributed by atoms with E-state index < -0.39 is 0 Å². The minimum absolute atomic E-state index is 0.0441. The summed E-state index contributed by atoms with van der Waals surface area (Å²) in [7, 11) is 1.69. The van der Waals surface area contributed by atoms with E-state index in [1.54, 1.807) is 13.1 Å². The van der Waals surface area contributed by atoms with Crippen molar-refractivity contribution in [2.24, 2.45) is 7.05 Å². The number of rotatable bonds is 5. The van der Waals surface area contributed by atoms with Crippen molar-refractivity contribution in [3.8, 4) is 0 Å². The molecule has 0 aliphatic carbocycles. The number of nitrogens with zero attached hydrogens (tertiary/aromatic N) is 2. The molecule has 2 aromatic rings. The van der Waals surface area contributed by atoms with Gasteiger partial charge in [-0.25, -0.2) is 4.98 Å². The Balaban J connectivity index is 2.21. The summed E-state index contributed by atoms with van der Waals surface area (Å²) in [6.07, 6.45) is 0.855. The van der Waals surface area contributed by atoms with Crippen LogP contribution in [0.2, 0.25) is 0 Å². The van der Waals surface area contributed by atoms with E-state index in [-0.39, 0.29) is 22.3 Å². The third kappa shape index (κ3) is 3.52. The van der Waals surface area contributed by atoms with E-state index in [1.807, 2.05) is 33.1 Å². The number of hydrogen-bond donors (Lipinski definition) is 1. The van der Waals surface area contributed by atoms with E-state index in [0.717, 1.165) is 6.42 Å². The van der Waals surface area contributed by atoms with Crippen LogP contribution < -0.4 is 10.9 Å². The van der Waals surface area contributed by atoms with Gasteiger partial charge in [-0.3, -0.25) is 14.2 Å². The van der Waals surface area contributed by atoms with Crippen LogP contribution in [0, 0.1) is 0 Å². The second kappa shape index (κ2) is 6.42. The van der Waals surface area contributed by atoms with Crippen LogP contribution >= 0.6 is 23.1 Å². The van der Waals surface area contributed by atoms with E-state index >= 15 is 0 Å². The van der Waals surface area contributed by atoms with E-state index in [2.05, 4.69) is 10.3 Å². The number of amides is 1. The first-order chi connectivity index (χ1) is 10.2. The van der Waals surface area contributed by atoms with Crippen LogP contribution in [0.1, 0.15) is 34.1 Å². The average molecular weight is 339 g/mol. The maximum atomic E-state index is 12.3. The first-order valence-electron chi connectivity index (χ1n) is 7.18. The summed E-state index contributed by atoms with van der Waals surface area (Å²) in [5, 5.41) is 5.75. The van der Waals surface area contributed by atoms with E-state index in [1.165, 1.54) is 27.7 Å². The van der Waals surface area contributed by atoms with E-state index in [4.69, 9.17) is 0 Å². The molecule has 0 aliphatic heterocycles. The van der Waals surface area contributed by atoms with Crippen molar-refractivity contribution in [2.75, 3.05) is 0 Å². The highest BCUT2D eigenvalue weighted by Gasteiger charge is 2.24. The fourth-order valence-corrected chi connectivity index (χ4v) is 3.50. The molecular formula is C15H21N3O2S2. The number of thioether (sulfide) groups is 1. The zero-order chi connectivity index (χ0) is 16.5. The fourth-order valence-electron chi connectivity index (χ4n) is 1.82. The number of carbonyl (C=O) groups excluding carboxylic acids is 1. The highest BCUT2D eigenvalue weighted by atomic mass is 32.2. The number of hydrogen-bond acceptors (Lipinski definition) is 5. The SMILES string of the molecule is CCC(C)(C)NC(=O)C(C)Sc1nc2sccc2c(=O)n1C. The number of thiophene rings is 1. The van der Waals surface area contributed by atoms with Crippen LogP contribution in [0.4, 0.5) is 0 Å². The Bertz CT molecular complexity index is 749. The molecule has 22 heavy (non-hydrogen) atoms. The lowest BCUT2D eigenvalue weighted by molar-refractivity contribution is -0.121. The first kappa shape index (κ1) is 17.0. The Hall–Kier alpha value is -1.34. The van der Waals surface area contributed by atoms with Gasteiger partial charge in [-0.15, -0.1) is 11.3 Å². The molecule has 0 radical (unpaired) electrons. The maximum absolute atomic E-state index is 12.3. The van der Waals surface area contributed by atoms with Crippen LogP contribution in [-0.4, -0.2) is 26.2 Å². The molecule has 0 saturated carbocycles. The highest BCUT2D eigenvalue weighted by Crippen LogP contribution is 2.24. The topological polar surface area (TPSA) is 64.0 Å². The van der Waals surface area contributed by atoms with Crippen molar-refractivity contribution >= 4 is 39.2 Å². The van der Waals surface area contributed by atoms with Crippen LogP contribution in [-0.2, 0) is 11.8 Å². The Morgan fingerprint density at radius 2 is 2.23 bits per heavy atom. The molecule has 1 unspecified atom stereocenters. The zero-order valence-electron chi connectivity index (χ0n) is 13.5. The normalized spacial score (nSPS) is 13.3. The van der Waals surface area contributed by atoms with Crippen molar-refractivity contribution in [3.05, 3.63) is 21.8 Å². The van der Waals surface area contributed by atoms with Gasteiger partial charge < -0.3 is 5.32 Å². The molecule has 0 aliphatic rings. The standard InChI is InChI=1S/C15H21N3O2S2/c1-6-15(3,4)17-11(19)9(2)22-14-16-12-10(7-8-21-12)13(20)18(14)5/h7-9H,6H2,1-5H3,(H,17,19). The van der Waals surface area contributed by atoms with Gasteiger partial charge in [0.05, 0.1) is 10.6 Å². The Morgan fingerprint density at radius 1 is 1.55 bits per heavy atom. The molecule has 0 aromatic carbocycles. The molecule has 2 rings (SSSR count). The molecular weight excluding hydrogens is 318 g/mol. The second-order valence-electron chi connectivity index (χ2n) is 5.88. The predicted molar refractivity (Wildman–Crippen MR) is 92.7 cm³/mol. The van der Waals surface area contributed by atoms with Gasteiger partial charge in [0.2, 0.25) is 5.91 Å². The van der Waals surface area contributed by atoms with E-state index in [9.17, 15) is 9.59 Å². The predicted octanol–water partition coefficient (Wildman–Crippen LogP) is 2.78. The molecule has 1 amide bonds. The molecule has 0 fully saturated rings. The van der Waals surface area contributed by atoms with Gasteiger partial charge in [-0.2, -0.15) is 0 Å². The van der Waals surface area contributed by atoms with Gasteiger partial charge in [0.1, 0.15) is 4.83 Å². The highest BCUT2D eigenvalue weighted by molar-refractivity contribution is 8.00. The molecule has 0 spiro atoms. The third-order valence-corrected chi connectivity index (χ3v) is 5.61. The lowest BCUT2D eigenvalue weighted by Crippen LogP contribution is -2.46. The van der Waals surface area contributed by atoms with Crippen molar-refractivity contribution < 1.29 is 4.79 Å². The van der Waals surface area contributed by atoms with Crippen molar-refractivity contribution in [1.29, 1.82) is 0 Å². The Labute approximate surface area is 138 Å². The average Bonchev–Trinajstić information content (AvgIpc) is 2.92. The largest absolute Gasteiger partial charge is 0.350 e. The van der Waals surface area contributed by atoms with Crippen LogP contribution in [0.5, 0.6) is 0 Å². The summed E-state index contributed by atoms with van der Waals surface area (Å²) in [5.74, 6) is -0.0441. The van der Waals surface area contributed by atoms with Gasteiger partial charge in [0.15, 0.2) is 5.16 Å². The fraction of sp³-hybridized carbons (Fsp3) is 0.533. The molecule has 0 saturated heterocycles. The summed E-state index contributed by atoms with van der Waals surface area (Å²) in [6, 6.07) is 1.78. The first-order valence-corrected chi connectivity index (χ1v) is 8.94. The summed E-state index contributed by atoms with van der Waals surface area (Å²) in [4.78, 5) is 29.8. The zero-order valence-corrected chi connectivity index (χ0v) is 15.1. The van der Waals surface area contributed by atoms with Crippen molar-refractivity contribution in [2.45, 2.75) is 50.1 Å². The molecule has 2 aromatic heterocycles. The summed E-state index contributed by atoms with van der Waals surface area (Å²) in [6.45, 7) is 7.85. The smallest absolute Gasteiger partial charge is 0.262 e. The summed E-state index contributed by atoms with van der Waals surface area (Å²) in [5.41, 5.74) is -0.307. The molecule has 1 atom stereocenters. The molecule has 2 heterocycles. The molecule has 5 nitrogen and oxygen atoms in total. The molecule has 1 N–H and O–H groups in total. The number of nitrogens with one attached hydrogen (secondary N) is 1. The van der Waals surface area contributed by atoms with Crippen LogP contribution in [0.15, 0.2) is 21.4 Å². The monoisotopic (exact) mass is 339 g/mol. The maximum Gasteiger partial charge on any atom is 0.262 e. The minimum atomic E-state index is -0.318. The molecule has 0 bridgehead atoms. The van der Waals surface area contributed by atoms with Crippen molar-refractivity contribution in [3.63, 3.8) is 0 Å². The minimum Gasteiger partial charge on any atom is -0.350 e. The van der Waals surface area contributed by atoms with Gasteiger partial charge in [-0.1, -0.05) is 18.7 Å². The van der Waals surface area contributed by atoms with Gasteiger partial charge in [0.25, 0.3) is 5.56 Å². The lowest BCUT2D eigenvalue weighted by Gasteiger charge is -2.26. The van der Waals surface area contributed by atoms with Gasteiger partial charge in [0, 0.05) is 12.6 Å². The van der Waals surface area contributed by atoms with Gasteiger partial charge >= 0.3 is 0 Å². The van der Waals surface area contributed by atoms with Gasteiger partial charge in [-0.05, 0) is 38.6 Å². The third-order valence-electron chi connectivity index (χ3n) is 3.66. The number of carbonyl (C=O) groups is 1. The summed E-state index contributed by atoms with van der Waals surface area (Å²) < 4.78 is 1.51. The Kier molecular flexibility index (Phi) is 4.97. The lowest BCUT2D eigenvalue weighted by atomic mass is 10.0. The quantitative estimate of drug-likeness (QED) is 0.672.